The van der Waals surface area contributed by atoms with E-state index in [0.717, 1.165) is 17.7 Å². The molecule has 0 aliphatic heterocycles. The molecular weight excluding hydrogens is 250 g/mol. The predicted molar refractivity (Wildman–Crippen MR) is 67.2 cm³/mol. The molecule has 1 aliphatic rings. The Labute approximate surface area is 111 Å². The second kappa shape index (κ2) is 6.64. The molecule has 1 atom stereocenters. The number of nitrogens with zero attached hydrogens (tertiary/aromatic N) is 1. The maximum absolute atomic E-state index is 11.8. The van der Waals surface area contributed by atoms with E-state index in [0.29, 0.717) is 0 Å². The highest BCUT2D eigenvalue weighted by Crippen LogP contribution is 2.18. The molecule has 3 N–H and O–H groups in total. The quantitative estimate of drug-likeness (QED) is 0.559. The van der Waals surface area contributed by atoms with Gasteiger partial charge in [-0.25, -0.2) is 4.79 Å². The number of carbonyl (C=O) groups excluding carboxylic acids is 2. The van der Waals surface area contributed by atoms with Crippen molar-refractivity contribution in [3.05, 3.63) is 0 Å². The topological polar surface area (TPSA) is 98.7 Å². The zero-order valence-corrected chi connectivity index (χ0v) is 10.7. The fourth-order valence-electron chi connectivity index (χ4n) is 1.37. The van der Waals surface area contributed by atoms with Crippen LogP contribution in [0.4, 0.5) is 4.79 Å². The summed E-state index contributed by atoms with van der Waals surface area (Å²) in [5.41, 5.74) is 0. The molecule has 7 heteroatoms. The van der Waals surface area contributed by atoms with Crippen LogP contribution in [0.15, 0.2) is 0 Å². The summed E-state index contributed by atoms with van der Waals surface area (Å²) in [4.78, 5) is 34.9. The normalized spacial score (nSPS) is 14.9. The highest BCUT2D eigenvalue weighted by molar-refractivity contribution is 5.88. The zero-order chi connectivity index (χ0) is 14.4. The van der Waals surface area contributed by atoms with E-state index in [1.165, 1.54) is 6.92 Å². The van der Waals surface area contributed by atoms with E-state index in [2.05, 4.69) is 16.6 Å². The van der Waals surface area contributed by atoms with Crippen LogP contribution in [0.5, 0.6) is 0 Å². The third kappa shape index (κ3) is 5.29. The molecular formula is C12H17N3O4. The molecule has 1 saturated carbocycles. The van der Waals surface area contributed by atoms with Crippen LogP contribution < -0.4 is 10.6 Å². The predicted octanol–water partition coefficient (Wildman–Crippen LogP) is -0.617. The first-order valence-electron chi connectivity index (χ1n) is 5.95. The molecule has 0 aromatic heterocycles. The van der Waals surface area contributed by atoms with Crippen molar-refractivity contribution in [1.82, 2.24) is 15.5 Å². The van der Waals surface area contributed by atoms with Gasteiger partial charge in [0, 0.05) is 6.04 Å². The highest BCUT2D eigenvalue weighted by Gasteiger charge is 2.27. The van der Waals surface area contributed by atoms with Crippen LogP contribution in [0.1, 0.15) is 19.8 Å². The average Bonchev–Trinajstić information content (AvgIpc) is 3.11. The minimum atomic E-state index is -1.17. The molecule has 0 saturated heterocycles. The standard InChI is InChI=1S/C12H17N3O4/c1-3-6-15(7-10(16)17)12(19)13-8(2)11(18)14-9-4-5-9/h1,8-9H,4-7H2,2H3,(H,13,19)(H,14,18)(H,16,17). The lowest BCUT2D eigenvalue weighted by Crippen LogP contribution is -2.51. The Bertz CT molecular complexity index is 412. The maximum atomic E-state index is 11.8. The highest BCUT2D eigenvalue weighted by atomic mass is 16.4. The number of amides is 3. The van der Waals surface area contributed by atoms with Crippen LogP contribution in [0, 0.1) is 12.3 Å². The number of nitrogens with one attached hydrogen (secondary N) is 2. The second-order valence-electron chi connectivity index (χ2n) is 4.41. The van der Waals surface area contributed by atoms with Gasteiger partial charge in [0.15, 0.2) is 0 Å². The monoisotopic (exact) mass is 267 g/mol. The fraction of sp³-hybridized carbons (Fsp3) is 0.583. The summed E-state index contributed by atoms with van der Waals surface area (Å²) in [5.74, 6) is 0.748. The van der Waals surface area contributed by atoms with Crippen molar-refractivity contribution in [2.75, 3.05) is 13.1 Å². The van der Waals surface area contributed by atoms with Gasteiger partial charge in [-0.1, -0.05) is 5.92 Å². The van der Waals surface area contributed by atoms with E-state index in [9.17, 15) is 14.4 Å². The van der Waals surface area contributed by atoms with Gasteiger partial charge < -0.3 is 20.6 Å². The average molecular weight is 267 g/mol. The van der Waals surface area contributed by atoms with E-state index in [4.69, 9.17) is 11.5 Å². The van der Waals surface area contributed by atoms with Crippen molar-refractivity contribution in [3.8, 4) is 12.3 Å². The Morgan fingerprint density at radius 1 is 1.47 bits per heavy atom. The van der Waals surface area contributed by atoms with Crippen molar-refractivity contribution in [3.63, 3.8) is 0 Å². The van der Waals surface area contributed by atoms with E-state index >= 15 is 0 Å². The van der Waals surface area contributed by atoms with Crippen molar-refractivity contribution in [1.29, 1.82) is 0 Å². The number of carboxylic acid groups (broad SMARTS) is 1. The molecule has 0 aromatic rings. The molecule has 0 bridgehead atoms. The number of carbonyl (C=O) groups is 3. The SMILES string of the molecule is C#CCN(CC(=O)O)C(=O)NC(C)C(=O)NC1CC1. The summed E-state index contributed by atoms with van der Waals surface area (Å²) in [6, 6.07) is -1.20. The minimum absolute atomic E-state index is 0.130. The lowest BCUT2D eigenvalue weighted by atomic mass is 10.3. The van der Waals surface area contributed by atoms with Crippen LogP contribution in [-0.2, 0) is 9.59 Å². The first-order chi connectivity index (χ1) is 8.93. The van der Waals surface area contributed by atoms with Crippen LogP contribution in [0.2, 0.25) is 0 Å². The van der Waals surface area contributed by atoms with Crippen LogP contribution >= 0.6 is 0 Å². The third-order valence-electron chi connectivity index (χ3n) is 2.55. The Balaban J connectivity index is 2.47. The van der Waals surface area contributed by atoms with E-state index in [1.807, 2.05) is 0 Å². The lowest BCUT2D eigenvalue weighted by molar-refractivity contribution is -0.137. The van der Waals surface area contributed by atoms with Crippen LogP contribution in [-0.4, -0.2) is 53.1 Å². The van der Waals surface area contributed by atoms with Gasteiger partial charge in [0.1, 0.15) is 12.6 Å². The van der Waals surface area contributed by atoms with Gasteiger partial charge in [-0.05, 0) is 19.8 Å². The van der Waals surface area contributed by atoms with Gasteiger partial charge in [0.2, 0.25) is 5.91 Å². The van der Waals surface area contributed by atoms with Crippen molar-refractivity contribution >= 4 is 17.9 Å². The molecule has 0 heterocycles. The molecule has 1 unspecified atom stereocenters. The Kier molecular flexibility index (Phi) is 5.18. The summed E-state index contributed by atoms with van der Waals surface area (Å²) < 4.78 is 0. The van der Waals surface area contributed by atoms with E-state index in [1.54, 1.807) is 0 Å². The minimum Gasteiger partial charge on any atom is -0.480 e. The van der Waals surface area contributed by atoms with Crippen molar-refractivity contribution in [2.24, 2.45) is 0 Å². The van der Waals surface area contributed by atoms with Gasteiger partial charge in [0.05, 0.1) is 6.54 Å². The van der Waals surface area contributed by atoms with Gasteiger partial charge in [-0.15, -0.1) is 6.42 Å². The number of hydrogen-bond donors (Lipinski definition) is 3. The van der Waals surface area contributed by atoms with Gasteiger partial charge >= 0.3 is 12.0 Å². The molecule has 0 radical (unpaired) electrons. The van der Waals surface area contributed by atoms with E-state index in [-0.39, 0.29) is 18.5 Å². The number of carboxylic acids is 1. The first kappa shape index (κ1) is 14.8. The molecule has 19 heavy (non-hydrogen) atoms. The summed E-state index contributed by atoms with van der Waals surface area (Å²) in [5, 5.41) is 13.8. The van der Waals surface area contributed by atoms with Crippen molar-refractivity contribution in [2.45, 2.75) is 31.8 Å². The first-order valence-corrected chi connectivity index (χ1v) is 5.95. The van der Waals surface area contributed by atoms with E-state index < -0.39 is 24.6 Å². The maximum Gasteiger partial charge on any atom is 0.323 e. The van der Waals surface area contributed by atoms with Crippen LogP contribution in [0.3, 0.4) is 0 Å². The Morgan fingerprint density at radius 3 is 2.58 bits per heavy atom. The summed E-state index contributed by atoms with van der Waals surface area (Å²) >= 11 is 0. The molecule has 0 aromatic carbocycles. The molecule has 3 amide bonds. The Hall–Kier alpha value is -2.23. The summed E-state index contributed by atoms with van der Waals surface area (Å²) in [7, 11) is 0. The number of terminal acetylenes is 1. The van der Waals surface area contributed by atoms with Crippen LogP contribution in [0.25, 0.3) is 0 Å². The molecule has 1 aliphatic carbocycles. The lowest BCUT2D eigenvalue weighted by Gasteiger charge is -2.21. The van der Waals surface area contributed by atoms with Gasteiger partial charge in [-0.2, -0.15) is 0 Å². The fourth-order valence-corrected chi connectivity index (χ4v) is 1.37. The summed E-state index contributed by atoms with van der Waals surface area (Å²) in [6.45, 7) is 0.895. The molecule has 1 rings (SSSR count). The number of rotatable bonds is 6. The second-order valence-corrected chi connectivity index (χ2v) is 4.41. The third-order valence-corrected chi connectivity index (χ3v) is 2.55. The summed E-state index contributed by atoms with van der Waals surface area (Å²) in [6.07, 6.45) is 6.97. The molecule has 1 fully saturated rings. The largest absolute Gasteiger partial charge is 0.480 e. The number of aliphatic carboxylic acids is 1. The zero-order valence-electron chi connectivity index (χ0n) is 10.7. The smallest absolute Gasteiger partial charge is 0.323 e. The number of hydrogen-bond acceptors (Lipinski definition) is 3. The van der Waals surface area contributed by atoms with Crippen molar-refractivity contribution < 1.29 is 19.5 Å². The van der Waals surface area contributed by atoms with Gasteiger partial charge in [-0.3, -0.25) is 9.59 Å². The van der Waals surface area contributed by atoms with Gasteiger partial charge in [0.25, 0.3) is 0 Å². The Morgan fingerprint density at radius 2 is 2.11 bits per heavy atom. The number of urea groups is 1. The molecule has 0 spiro atoms. The molecule has 104 valence electrons. The molecule has 7 nitrogen and oxygen atoms in total.